The molecular formula is C17H21N3O. The summed E-state index contributed by atoms with van der Waals surface area (Å²) in [6.07, 6.45) is 0. The summed E-state index contributed by atoms with van der Waals surface area (Å²) >= 11 is 0. The fourth-order valence-electron chi connectivity index (χ4n) is 2.31. The highest BCUT2D eigenvalue weighted by atomic mass is 16.5. The summed E-state index contributed by atoms with van der Waals surface area (Å²) in [4.78, 5) is 2.20. The largest absolute Gasteiger partial charge is 0.497 e. The van der Waals surface area contributed by atoms with Crippen LogP contribution in [0.4, 0.5) is 0 Å². The van der Waals surface area contributed by atoms with E-state index in [-0.39, 0.29) is 5.84 Å². The van der Waals surface area contributed by atoms with Crippen LogP contribution in [0, 0.1) is 5.41 Å². The van der Waals surface area contributed by atoms with E-state index < -0.39 is 0 Å². The van der Waals surface area contributed by atoms with Crippen LogP contribution in [-0.4, -0.2) is 24.9 Å². The summed E-state index contributed by atoms with van der Waals surface area (Å²) in [6.45, 7) is 1.58. The summed E-state index contributed by atoms with van der Waals surface area (Å²) < 4.78 is 5.16. The molecular weight excluding hydrogens is 262 g/mol. The minimum Gasteiger partial charge on any atom is -0.497 e. The van der Waals surface area contributed by atoms with Crippen molar-refractivity contribution in [3.8, 4) is 5.75 Å². The Hall–Kier alpha value is -2.33. The maximum atomic E-state index is 7.63. The predicted octanol–water partition coefficient (Wildman–Crippen LogP) is 2.61. The lowest BCUT2D eigenvalue weighted by Gasteiger charge is -2.18. The SMILES string of the molecule is COc1ccc(CN(C)Cc2ccccc2C(=N)N)cc1. The van der Waals surface area contributed by atoms with Crippen LogP contribution in [0.1, 0.15) is 16.7 Å². The molecule has 2 aromatic carbocycles. The van der Waals surface area contributed by atoms with E-state index in [1.165, 1.54) is 5.56 Å². The highest BCUT2D eigenvalue weighted by Crippen LogP contribution is 2.15. The van der Waals surface area contributed by atoms with Crippen molar-refractivity contribution in [3.05, 3.63) is 65.2 Å². The van der Waals surface area contributed by atoms with E-state index in [1.54, 1.807) is 7.11 Å². The Bertz CT molecular complexity index is 608. The van der Waals surface area contributed by atoms with Gasteiger partial charge in [-0.15, -0.1) is 0 Å². The van der Waals surface area contributed by atoms with Crippen molar-refractivity contribution in [2.75, 3.05) is 14.2 Å². The normalized spacial score (nSPS) is 10.6. The molecule has 0 amide bonds. The van der Waals surface area contributed by atoms with E-state index in [2.05, 4.69) is 24.1 Å². The van der Waals surface area contributed by atoms with E-state index in [0.717, 1.165) is 30.0 Å². The molecule has 0 atom stereocenters. The third kappa shape index (κ3) is 4.07. The number of amidine groups is 1. The number of nitrogens with zero attached hydrogens (tertiary/aromatic N) is 1. The number of hydrogen-bond donors (Lipinski definition) is 2. The van der Waals surface area contributed by atoms with Gasteiger partial charge >= 0.3 is 0 Å². The van der Waals surface area contributed by atoms with E-state index >= 15 is 0 Å². The topological polar surface area (TPSA) is 62.3 Å². The lowest BCUT2D eigenvalue weighted by molar-refractivity contribution is 0.318. The molecule has 0 heterocycles. The van der Waals surface area contributed by atoms with Crippen molar-refractivity contribution < 1.29 is 4.74 Å². The Morgan fingerprint density at radius 1 is 1.10 bits per heavy atom. The second kappa shape index (κ2) is 6.90. The Morgan fingerprint density at radius 2 is 1.76 bits per heavy atom. The van der Waals surface area contributed by atoms with Gasteiger partial charge in [-0.3, -0.25) is 10.3 Å². The van der Waals surface area contributed by atoms with Gasteiger partial charge in [-0.05, 0) is 30.3 Å². The monoisotopic (exact) mass is 283 g/mol. The maximum absolute atomic E-state index is 7.63. The average molecular weight is 283 g/mol. The van der Waals surface area contributed by atoms with Crippen LogP contribution in [0.25, 0.3) is 0 Å². The minimum absolute atomic E-state index is 0.114. The molecule has 0 radical (unpaired) electrons. The molecule has 21 heavy (non-hydrogen) atoms. The standard InChI is InChI=1S/C17H21N3O/c1-20(11-13-7-9-15(21-2)10-8-13)12-14-5-3-4-6-16(14)17(18)19/h3-10H,11-12H2,1-2H3,(H3,18,19). The first-order chi connectivity index (χ1) is 10.1. The van der Waals surface area contributed by atoms with Crippen molar-refractivity contribution in [2.24, 2.45) is 5.73 Å². The molecule has 4 nitrogen and oxygen atoms in total. The molecule has 2 rings (SSSR count). The van der Waals surface area contributed by atoms with Crippen molar-refractivity contribution in [1.82, 2.24) is 4.90 Å². The van der Waals surface area contributed by atoms with E-state index in [4.69, 9.17) is 15.9 Å². The van der Waals surface area contributed by atoms with E-state index in [9.17, 15) is 0 Å². The summed E-state index contributed by atoms with van der Waals surface area (Å²) in [7, 11) is 3.72. The van der Waals surface area contributed by atoms with Crippen molar-refractivity contribution in [1.29, 1.82) is 5.41 Å². The molecule has 0 unspecified atom stereocenters. The molecule has 4 heteroatoms. The summed E-state index contributed by atoms with van der Waals surface area (Å²) in [6, 6.07) is 15.8. The number of nitrogen functional groups attached to an aromatic ring is 1. The molecule has 2 aromatic rings. The summed E-state index contributed by atoms with van der Waals surface area (Å²) in [5.74, 6) is 0.978. The van der Waals surface area contributed by atoms with Gasteiger partial charge < -0.3 is 10.5 Å². The van der Waals surface area contributed by atoms with Crippen LogP contribution in [-0.2, 0) is 13.1 Å². The number of methoxy groups -OCH3 is 1. The zero-order valence-electron chi connectivity index (χ0n) is 12.5. The number of benzene rings is 2. The first kappa shape index (κ1) is 15.1. The molecule has 0 spiro atoms. The van der Waals surface area contributed by atoms with Gasteiger partial charge in [0.1, 0.15) is 11.6 Å². The first-order valence-corrected chi connectivity index (χ1v) is 6.84. The van der Waals surface area contributed by atoms with Gasteiger partial charge in [-0.1, -0.05) is 36.4 Å². The second-order valence-electron chi connectivity index (χ2n) is 5.09. The number of hydrogen-bond acceptors (Lipinski definition) is 3. The Balaban J connectivity index is 2.04. The van der Waals surface area contributed by atoms with Gasteiger partial charge in [0.2, 0.25) is 0 Å². The Kier molecular flexibility index (Phi) is 4.95. The Morgan fingerprint density at radius 3 is 2.38 bits per heavy atom. The molecule has 0 fully saturated rings. The third-order valence-corrected chi connectivity index (χ3v) is 3.36. The molecule has 0 aromatic heterocycles. The van der Waals surface area contributed by atoms with Crippen molar-refractivity contribution in [3.63, 3.8) is 0 Å². The van der Waals surface area contributed by atoms with Crippen molar-refractivity contribution in [2.45, 2.75) is 13.1 Å². The zero-order chi connectivity index (χ0) is 15.2. The van der Waals surface area contributed by atoms with Gasteiger partial charge in [0.15, 0.2) is 0 Å². The molecule has 110 valence electrons. The molecule has 3 N–H and O–H groups in total. The number of nitrogens with one attached hydrogen (secondary N) is 1. The van der Waals surface area contributed by atoms with Crippen LogP contribution < -0.4 is 10.5 Å². The van der Waals surface area contributed by atoms with Gasteiger partial charge in [0, 0.05) is 18.7 Å². The van der Waals surface area contributed by atoms with Crippen LogP contribution in [0.3, 0.4) is 0 Å². The van der Waals surface area contributed by atoms with E-state index in [0.29, 0.717) is 0 Å². The van der Waals surface area contributed by atoms with Crippen LogP contribution >= 0.6 is 0 Å². The van der Waals surface area contributed by atoms with Crippen LogP contribution in [0.5, 0.6) is 5.75 Å². The highest BCUT2D eigenvalue weighted by Gasteiger charge is 2.08. The van der Waals surface area contributed by atoms with Crippen LogP contribution in [0.2, 0.25) is 0 Å². The number of rotatable bonds is 6. The average Bonchev–Trinajstić information content (AvgIpc) is 2.48. The summed E-state index contributed by atoms with van der Waals surface area (Å²) in [5, 5.41) is 7.63. The fourth-order valence-corrected chi connectivity index (χ4v) is 2.31. The van der Waals surface area contributed by atoms with Gasteiger partial charge in [-0.25, -0.2) is 0 Å². The van der Waals surface area contributed by atoms with Gasteiger partial charge in [0.25, 0.3) is 0 Å². The van der Waals surface area contributed by atoms with Gasteiger partial charge in [-0.2, -0.15) is 0 Å². The molecule has 0 aliphatic heterocycles. The highest BCUT2D eigenvalue weighted by molar-refractivity contribution is 5.96. The number of ether oxygens (including phenoxy) is 1. The lowest BCUT2D eigenvalue weighted by Crippen LogP contribution is -2.21. The van der Waals surface area contributed by atoms with Crippen molar-refractivity contribution >= 4 is 5.84 Å². The van der Waals surface area contributed by atoms with Crippen LogP contribution in [0.15, 0.2) is 48.5 Å². The fraction of sp³-hybridized carbons (Fsp3) is 0.235. The smallest absolute Gasteiger partial charge is 0.123 e. The Labute approximate surface area is 125 Å². The van der Waals surface area contributed by atoms with Gasteiger partial charge in [0.05, 0.1) is 7.11 Å². The maximum Gasteiger partial charge on any atom is 0.123 e. The number of nitrogens with two attached hydrogens (primary N) is 1. The molecule has 0 saturated heterocycles. The first-order valence-electron chi connectivity index (χ1n) is 6.84. The quantitative estimate of drug-likeness (QED) is 0.633. The third-order valence-electron chi connectivity index (χ3n) is 3.36. The molecule has 0 bridgehead atoms. The zero-order valence-corrected chi connectivity index (χ0v) is 12.5. The minimum atomic E-state index is 0.114. The second-order valence-corrected chi connectivity index (χ2v) is 5.09. The molecule has 0 saturated carbocycles. The molecule has 0 aliphatic rings. The predicted molar refractivity (Wildman–Crippen MR) is 85.6 cm³/mol. The van der Waals surface area contributed by atoms with E-state index in [1.807, 2.05) is 36.4 Å². The summed E-state index contributed by atoms with van der Waals surface area (Å²) in [5.41, 5.74) is 8.72. The lowest BCUT2D eigenvalue weighted by atomic mass is 10.1. The molecule has 0 aliphatic carbocycles.